The van der Waals surface area contributed by atoms with Crippen LogP contribution >= 0.6 is 34.5 Å². The number of hydrogen-bond acceptors (Lipinski definition) is 4. The number of aliphatic imine (C=N–C) groups is 1. The normalized spacial score (nSPS) is 12.9. The molecule has 0 N–H and O–H groups in total. The Morgan fingerprint density at radius 2 is 1.66 bits per heavy atom. The molecule has 0 atom stereocenters. The number of benzene rings is 1. The van der Waals surface area contributed by atoms with Crippen molar-refractivity contribution in [3.05, 3.63) is 62.0 Å². The lowest BCUT2D eigenvalue weighted by atomic mass is 10.0. The molecular weight excluding hydrogens is 459 g/mol. The Balaban J connectivity index is 1.56. The Bertz CT molecular complexity index is 1080. The lowest BCUT2D eigenvalue weighted by Crippen LogP contribution is -2.06. The van der Waals surface area contributed by atoms with E-state index in [1.165, 1.54) is 56.2 Å². The van der Waals surface area contributed by atoms with E-state index in [2.05, 4.69) is 27.8 Å². The van der Waals surface area contributed by atoms with Crippen molar-refractivity contribution in [1.29, 1.82) is 0 Å². The summed E-state index contributed by atoms with van der Waals surface area (Å²) in [5, 5.41) is 11.0. The summed E-state index contributed by atoms with van der Waals surface area (Å²) in [6.07, 6.45) is 11.7. The molecule has 0 amide bonds. The topological polar surface area (TPSA) is 43.1 Å². The minimum Gasteiger partial charge on any atom is -0.276 e. The lowest BCUT2D eigenvalue weighted by Gasteiger charge is -2.10. The molecule has 0 saturated heterocycles. The molecule has 1 aliphatic rings. The third-order valence-corrected chi connectivity index (χ3v) is 7.78. The first-order valence-electron chi connectivity index (χ1n) is 11.6. The van der Waals surface area contributed by atoms with Crippen molar-refractivity contribution in [2.75, 3.05) is 0 Å². The van der Waals surface area contributed by atoms with Crippen LogP contribution in [0.2, 0.25) is 10.0 Å². The highest BCUT2D eigenvalue weighted by Gasteiger charge is 2.26. The maximum atomic E-state index is 6.57. The van der Waals surface area contributed by atoms with E-state index in [0.29, 0.717) is 16.6 Å². The molecule has 0 spiro atoms. The quantitative estimate of drug-likeness (QED) is 0.271. The average molecular weight is 490 g/mol. The number of unbranched alkanes of at least 4 members (excludes halogenated alkanes) is 7. The van der Waals surface area contributed by atoms with E-state index in [-0.39, 0.29) is 0 Å². The fourth-order valence-corrected chi connectivity index (χ4v) is 6.11. The van der Waals surface area contributed by atoms with Crippen molar-refractivity contribution >= 4 is 40.3 Å². The molecule has 3 heterocycles. The van der Waals surface area contributed by atoms with Gasteiger partial charge in [-0.1, -0.05) is 81.1 Å². The highest BCUT2D eigenvalue weighted by atomic mass is 35.5. The number of fused-ring (bicyclic) bond motifs is 3. The molecule has 3 aromatic rings. The monoisotopic (exact) mass is 488 g/mol. The standard InChI is InChI=1S/C25H30Cl2N4S/c1-3-4-5-6-7-8-9-10-12-18-15-19-24(23-20(26)13-11-14-21(23)27)28-16-22-30-29-17(2)31(22)25(19)32-18/h11,13-15H,3-10,12,16H2,1-2H3. The van der Waals surface area contributed by atoms with Crippen LogP contribution < -0.4 is 0 Å². The molecule has 4 rings (SSSR count). The average Bonchev–Trinajstić information content (AvgIpc) is 3.31. The maximum absolute atomic E-state index is 6.57. The second-order valence-corrected chi connectivity index (χ2v) is 10.3. The van der Waals surface area contributed by atoms with Crippen molar-refractivity contribution in [2.24, 2.45) is 4.99 Å². The molecule has 0 aliphatic carbocycles. The Morgan fingerprint density at radius 1 is 0.969 bits per heavy atom. The van der Waals surface area contributed by atoms with Crippen LogP contribution in [-0.2, 0) is 13.0 Å². The van der Waals surface area contributed by atoms with Crippen molar-refractivity contribution < 1.29 is 0 Å². The highest BCUT2D eigenvalue weighted by Crippen LogP contribution is 2.37. The first-order chi connectivity index (χ1) is 15.6. The van der Waals surface area contributed by atoms with Crippen LogP contribution in [0.1, 0.15) is 85.9 Å². The van der Waals surface area contributed by atoms with Crippen LogP contribution in [0.25, 0.3) is 5.00 Å². The van der Waals surface area contributed by atoms with E-state index in [0.717, 1.165) is 39.9 Å². The van der Waals surface area contributed by atoms with Crippen LogP contribution in [0.5, 0.6) is 0 Å². The molecule has 170 valence electrons. The summed E-state index contributed by atoms with van der Waals surface area (Å²) in [5.74, 6) is 1.73. The molecule has 32 heavy (non-hydrogen) atoms. The van der Waals surface area contributed by atoms with Gasteiger partial charge in [0.05, 0.1) is 15.8 Å². The third kappa shape index (κ3) is 5.11. The molecule has 0 bridgehead atoms. The summed E-state index contributed by atoms with van der Waals surface area (Å²) in [4.78, 5) is 6.26. The minimum absolute atomic E-state index is 0.451. The van der Waals surface area contributed by atoms with E-state index >= 15 is 0 Å². The van der Waals surface area contributed by atoms with Crippen molar-refractivity contribution in [2.45, 2.75) is 78.2 Å². The molecule has 0 fully saturated rings. The van der Waals surface area contributed by atoms with E-state index in [1.54, 1.807) is 0 Å². The number of aromatic nitrogens is 3. The number of nitrogens with zero attached hydrogens (tertiary/aromatic N) is 4. The smallest absolute Gasteiger partial charge is 0.160 e. The van der Waals surface area contributed by atoms with E-state index in [1.807, 2.05) is 36.5 Å². The zero-order valence-corrected chi connectivity index (χ0v) is 21.2. The molecule has 0 radical (unpaired) electrons. The fraction of sp³-hybridized carbons (Fsp3) is 0.480. The number of halogens is 2. The Morgan fingerprint density at radius 3 is 2.38 bits per heavy atom. The van der Waals surface area contributed by atoms with Gasteiger partial charge in [0.25, 0.3) is 0 Å². The first-order valence-corrected chi connectivity index (χ1v) is 13.2. The Kier molecular flexibility index (Phi) is 8.03. The van der Waals surface area contributed by atoms with Gasteiger partial charge in [0.15, 0.2) is 5.82 Å². The van der Waals surface area contributed by atoms with Gasteiger partial charge in [0.1, 0.15) is 17.4 Å². The number of thiophene rings is 1. The van der Waals surface area contributed by atoms with Crippen LogP contribution in [0.4, 0.5) is 0 Å². The van der Waals surface area contributed by atoms with Gasteiger partial charge in [0, 0.05) is 16.0 Å². The largest absolute Gasteiger partial charge is 0.276 e. The van der Waals surface area contributed by atoms with Gasteiger partial charge >= 0.3 is 0 Å². The van der Waals surface area contributed by atoms with Crippen LogP contribution in [0.15, 0.2) is 29.3 Å². The van der Waals surface area contributed by atoms with Crippen molar-refractivity contribution in [3.63, 3.8) is 0 Å². The summed E-state index contributed by atoms with van der Waals surface area (Å²) in [7, 11) is 0. The Hall–Kier alpha value is -1.69. The maximum Gasteiger partial charge on any atom is 0.160 e. The zero-order chi connectivity index (χ0) is 22.5. The van der Waals surface area contributed by atoms with E-state index in [9.17, 15) is 0 Å². The third-order valence-electron chi connectivity index (χ3n) is 5.97. The van der Waals surface area contributed by atoms with E-state index in [4.69, 9.17) is 28.2 Å². The van der Waals surface area contributed by atoms with Gasteiger partial charge in [-0.25, -0.2) is 0 Å². The van der Waals surface area contributed by atoms with E-state index < -0.39 is 0 Å². The second-order valence-electron chi connectivity index (χ2n) is 8.42. The zero-order valence-electron chi connectivity index (χ0n) is 18.8. The van der Waals surface area contributed by atoms with Crippen LogP contribution in [0.3, 0.4) is 0 Å². The van der Waals surface area contributed by atoms with Gasteiger partial charge in [0.2, 0.25) is 0 Å². The van der Waals surface area contributed by atoms with Gasteiger partial charge in [-0.15, -0.1) is 21.5 Å². The first kappa shape index (κ1) is 23.5. The summed E-state index contributed by atoms with van der Waals surface area (Å²) >= 11 is 15.0. The SMILES string of the molecule is CCCCCCCCCCc1cc2c(s1)-n1c(C)nnc1CN=C2c1c(Cl)cccc1Cl. The predicted molar refractivity (Wildman–Crippen MR) is 136 cm³/mol. The van der Waals surface area contributed by atoms with Gasteiger partial charge in [-0.3, -0.25) is 9.56 Å². The molecule has 1 aliphatic heterocycles. The molecule has 0 saturated carbocycles. The van der Waals surface area contributed by atoms with Gasteiger partial charge in [-0.05, 0) is 38.0 Å². The van der Waals surface area contributed by atoms with Gasteiger partial charge in [-0.2, -0.15) is 0 Å². The lowest BCUT2D eigenvalue weighted by molar-refractivity contribution is 0.576. The minimum atomic E-state index is 0.451. The summed E-state index contributed by atoms with van der Waals surface area (Å²) in [5.41, 5.74) is 2.71. The molecule has 7 heteroatoms. The number of hydrogen-bond donors (Lipinski definition) is 0. The molecular formula is C25H30Cl2N4S. The van der Waals surface area contributed by atoms with Crippen molar-refractivity contribution in [1.82, 2.24) is 14.8 Å². The van der Waals surface area contributed by atoms with Crippen LogP contribution in [-0.4, -0.2) is 20.5 Å². The second kappa shape index (κ2) is 11.0. The Labute approximate surface area is 204 Å². The molecule has 4 nitrogen and oxygen atoms in total. The summed E-state index contributed by atoms with van der Waals surface area (Å²) in [6.45, 7) is 4.71. The number of aryl methyl sites for hydroxylation is 2. The van der Waals surface area contributed by atoms with Crippen LogP contribution in [0, 0.1) is 6.92 Å². The number of rotatable bonds is 10. The molecule has 1 aromatic carbocycles. The molecule has 0 unspecified atom stereocenters. The van der Waals surface area contributed by atoms with Gasteiger partial charge < -0.3 is 0 Å². The van der Waals surface area contributed by atoms with Crippen molar-refractivity contribution in [3.8, 4) is 5.00 Å². The predicted octanol–water partition coefficient (Wildman–Crippen LogP) is 7.98. The summed E-state index contributed by atoms with van der Waals surface area (Å²) < 4.78 is 2.14. The molecule has 2 aromatic heterocycles. The highest BCUT2D eigenvalue weighted by molar-refractivity contribution is 7.15. The summed E-state index contributed by atoms with van der Waals surface area (Å²) in [6, 6.07) is 7.88. The fourth-order valence-electron chi connectivity index (χ4n) is 4.27.